The largest absolute Gasteiger partial charge is 0.369 e. The van der Waals surface area contributed by atoms with Gasteiger partial charge in [0.2, 0.25) is 0 Å². The summed E-state index contributed by atoms with van der Waals surface area (Å²) in [6.45, 7) is 5.69. The van der Waals surface area contributed by atoms with Crippen molar-refractivity contribution in [3.63, 3.8) is 0 Å². The Morgan fingerprint density at radius 2 is 1.88 bits per heavy atom. The molecule has 0 amide bonds. The molecule has 0 unspecified atom stereocenters. The third-order valence-electron chi connectivity index (χ3n) is 3.14. The Bertz CT molecular complexity index is 376. The molecule has 1 fully saturated rings. The Kier molecular flexibility index (Phi) is 2.89. The smallest absolute Gasteiger partial charge is 0.146 e. The van der Waals surface area contributed by atoms with Crippen LogP contribution in [0.4, 0.5) is 10.1 Å². The Labute approximate surface area is 96.2 Å². The molecule has 1 aromatic carbocycles. The molecule has 16 heavy (non-hydrogen) atoms. The second-order valence-electron chi connectivity index (χ2n) is 5.08. The first-order valence-electron chi connectivity index (χ1n) is 5.82. The van der Waals surface area contributed by atoms with Crippen molar-refractivity contribution in [3.8, 4) is 0 Å². The van der Waals surface area contributed by atoms with Crippen LogP contribution in [0.1, 0.15) is 32.3 Å². The second-order valence-corrected chi connectivity index (χ2v) is 5.08. The topological polar surface area (TPSA) is 29.3 Å². The molecule has 0 spiro atoms. The Morgan fingerprint density at radius 1 is 1.25 bits per heavy atom. The van der Waals surface area contributed by atoms with E-state index < -0.39 is 5.54 Å². The predicted octanol–water partition coefficient (Wildman–Crippen LogP) is 2.62. The van der Waals surface area contributed by atoms with Gasteiger partial charge in [0.1, 0.15) is 5.82 Å². The lowest BCUT2D eigenvalue weighted by atomic mass is 9.95. The van der Waals surface area contributed by atoms with E-state index in [4.69, 9.17) is 5.73 Å². The minimum atomic E-state index is -0.482. The molecule has 0 aromatic heterocycles. The van der Waals surface area contributed by atoms with Crippen molar-refractivity contribution >= 4 is 5.69 Å². The first kappa shape index (κ1) is 11.4. The van der Waals surface area contributed by atoms with Gasteiger partial charge in [0.05, 0.1) is 5.69 Å². The molecule has 2 N–H and O–H groups in total. The summed E-state index contributed by atoms with van der Waals surface area (Å²) in [5.74, 6) is -0.155. The minimum Gasteiger partial charge on any atom is -0.369 e. The van der Waals surface area contributed by atoms with E-state index in [0.717, 1.165) is 31.5 Å². The summed E-state index contributed by atoms with van der Waals surface area (Å²) in [7, 11) is 0. The van der Waals surface area contributed by atoms with Crippen LogP contribution >= 0.6 is 0 Å². The SMILES string of the molecule is CC(C)(N)c1ccc(N2CCCC2)c(F)c1. The summed E-state index contributed by atoms with van der Waals surface area (Å²) in [5.41, 5.74) is 7.02. The average molecular weight is 222 g/mol. The van der Waals surface area contributed by atoms with Gasteiger partial charge in [-0.05, 0) is 44.4 Å². The van der Waals surface area contributed by atoms with E-state index in [1.807, 2.05) is 26.0 Å². The predicted molar refractivity (Wildman–Crippen MR) is 65.1 cm³/mol. The molecule has 0 saturated carbocycles. The van der Waals surface area contributed by atoms with Gasteiger partial charge in [-0.25, -0.2) is 4.39 Å². The van der Waals surface area contributed by atoms with Gasteiger partial charge in [-0.2, -0.15) is 0 Å². The normalized spacial score (nSPS) is 16.9. The standard InChI is InChI=1S/C13H19FN2/c1-13(2,15)10-5-6-12(11(14)9-10)16-7-3-4-8-16/h5-6,9H,3-4,7-8,15H2,1-2H3. The molecular formula is C13H19FN2. The number of anilines is 1. The van der Waals surface area contributed by atoms with E-state index in [-0.39, 0.29) is 5.82 Å². The highest BCUT2D eigenvalue weighted by Crippen LogP contribution is 2.27. The first-order chi connectivity index (χ1) is 7.48. The van der Waals surface area contributed by atoms with Crippen LogP contribution in [0.2, 0.25) is 0 Å². The van der Waals surface area contributed by atoms with E-state index in [1.54, 1.807) is 6.07 Å². The lowest BCUT2D eigenvalue weighted by Crippen LogP contribution is -2.29. The molecule has 2 nitrogen and oxygen atoms in total. The van der Waals surface area contributed by atoms with Gasteiger partial charge >= 0.3 is 0 Å². The van der Waals surface area contributed by atoms with Crippen LogP contribution < -0.4 is 10.6 Å². The molecule has 0 aliphatic carbocycles. The molecule has 1 aromatic rings. The second kappa shape index (κ2) is 4.06. The highest BCUT2D eigenvalue weighted by Gasteiger charge is 2.19. The molecule has 3 heteroatoms. The number of benzene rings is 1. The summed E-state index contributed by atoms with van der Waals surface area (Å²) in [4.78, 5) is 2.10. The van der Waals surface area contributed by atoms with Crippen molar-refractivity contribution < 1.29 is 4.39 Å². The van der Waals surface area contributed by atoms with Crippen LogP contribution in [0.5, 0.6) is 0 Å². The summed E-state index contributed by atoms with van der Waals surface area (Å²) < 4.78 is 13.9. The van der Waals surface area contributed by atoms with Crippen LogP contribution in [0.15, 0.2) is 18.2 Å². The van der Waals surface area contributed by atoms with E-state index in [2.05, 4.69) is 4.90 Å². The zero-order chi connectivity index (χ0) is 11.8. The van der Waals surface area contributed by atoms with E-state index in [1.165, 1.54) is 0 Å². The lowest BCUT2D eigenvalue weighted by molar-refractivity contribution is 0.543. The highest BCUT2D eigenvalue weighted by atomic mass is 19.1. The Morgan fingerprint density at radius 3 is 2.38 bits per heavy atom. The molecule has 0 bridgehead atoms. The van der Waals surface area contributed by atoms with E-state index >= 15 is 0 Å². The highest BCUT2D eigenvalue weighted by molar-refractivity contribution is 5.50. The number of nitrogens with two attached hydrogens (primary N) is 1. The van der Waals surface area contributed by atoms with E-state index in [0.29, 0.717) is 5.69 Å². The average Bonchev–Trinajstić information content (AvgIpc) is 2.69. The monoisotopic (exact) mass is 222 g/mol. The van der Waals surface area contributed by atoms with Crippen LogP contribution in [-0.2, 0) is 5.54 Å². The Hall–Kier alpha value is -1.09. The van der Waals surface area contributed by atoms with Gasteiger partial charge in [-0.1, -0.05) is 6.07 Å². The van der Waals surface area contributed by atoms with Crippen LogP contribution in [0, 0.1) is 5.82 Å². The summed E-state index contributed by atoms with van der Waals surface area (Å²) in [6.07, 6.45) is 2.31. The summed E-state index contributed by atoms with van der Waals surface area (Å²) in [5, 5.41) is 0. The van der Waals surface area contributed by atoms with Crippen LogP contribution in [-0.4, -0.2) is 13.1 Å². The maximum atomic E-state index is 13.9. The lowest BCUT2D eigenvalue weighted by Gasteiger charge is -2.23. The zero-order valence-corrected chi connectivity index (χ0v) is 9.96. The minimum absolute atomic E-state index is 0.155. The van der Waals surface area contributed by atoms with Gasteiger partial charge < -0.3 is 10.6 Å². The van der Waals surface area contributed by atoms with Crippen LogP contribution in [0.25, 0.3) is 0 Å². The fourth-order valence-corrected chi connectivity index (χ4v) is 2.12. The van der Waals surface area contributed by atoms with Gasteiger partial charge in [0.15, 0.2) is 0 Å². The quantitative estimate of drug-likeness (QED) is 0.833. The van der Waals surface area contributed by atoms with Gasteiger partial charge in [0, 0.05) is 18.6 Å². The molecule has 1 saturated heterocycles. The fraction of sp³-hybridized carbons (Fsp3) is 0.538. The van der Waals surface area contributed by atoms with Crippen molar-refractivity contribution in [2.75, 3.05) is 18.0 Å². The first-order valence-corrected chi connectivity index (χ1v) is 5.82. The zero-order valence-electron chi connectivity index (χ0n) is 9.96. The van der Waals surface area contributed by atoms with Crippen molar-refractivity contribution in [3.05, 3.63) is 29.6 Å². The molecule has 1 aliphatic rings. The number of hydrogen-bond acceptors (Lipinski definition) is 2. The number of rotatable bonds is 2. The van der Waals surface area contributed by atoms with Crippen molar-refractivity contribution in [2.45, 2.75) is 32.2 Å². The number of hydrogen-bond donors (Lipinski definition) is 1. The molecule has 1 heterocycles. The molecule has 0 radical (unpaired) electrons. The summed E-state index contributed by atoms with van der Waals surface area (Å²) in [6, 6.07) is 5.34. The van der Waals surface area contributed by atoms with E-state index in [9.17, 15) is 4.39 Å². The maximum absolute atomic E-state index is 13.9. The molecular weight excluding hydrogens is 203 g/mol. The third kappa shape index (κ3) is 2.19. The Balaban J connectivity index is 2.29. The van der Waals surface area contributed by atoms with Crippen molar-refractivity contribution in [2.24, 2.45) is 5.73 Å². The number of nitrogens with zero attached hydrogens (tertiary/aromatic N) is 1. The fourth-order valence-electron chi connectivity index (χ4n) is 2.12. The molecule has 1 aliphatic heterocycles. The maximum Gasteiger partial charge on any atom is 0.146 e. The summed E-state index contributed by atoms with van der Waals surface area (Å²) >= 11 is 0. The van der Waals surface area contributed by atoms with Crippen molar-refractivity contribution in [1.82, 2.24) is 0 Å². The molecule has 0 atom stereocenters. The van der Waals surface area contributed by atoms with Gasteiger partial charge in [-0.3, -0.25) is 0 Å². The third-order valence-corrected chi connectivity index (χ3v) is 3.14. The van der Waals surface area contributed by atoms with Gasteiger partial charge in [-0.15, -0.1) is 0 Å². The molecule has 88 valence electrons. The number of halogens is 1. The molecule has 2 rings (SSSR count). The van der Waals surface area contributed by atoms with Crippen molar-refractivity contribution in [1.29, 1.82) is 0 Å². The van der Waals surface area contributed by atoms with Crippen LogP contribution in [0.3, 0.4) is 0 Å². The van der Waals surface area contributed by atoms with Gasteiger partial charge in [0.25, 0.3) is 0 Å².